The molecule has 0 fully saturated rings. The van der Waals surface area contributed by atoms with Crippen LogP contribution in [-0.4, -0.2) is 38.1 Å². The van der Waals surface area contributed by atoms with Gasteiger partial charge in [0.15, 0.2) is 0 Å². The first-order chi connectivity index (χ1) is 8.04. The molecule has 0 amide bonds. The maximum absolute atomic E-state index is 6.20. The van der Waals surface area contributed by atoms with Gasteiger partial charge in [-0.15, -0.1) is 0 Å². The third kappa shape index (κ3) is 4.84. The van der Waals surface area contributed by atoms with Gasteiger partial charge in [0.2, 0.25) is 0 Å². The molecule has 0 aliphatic rings. The largest absolute Gasteiger partial charge is 0.313 e. The SMILES string of the molecule is CCNC(Cc1cccc(Cl)c1Cl)CN(C)C. The number of likely N-dealkylation sites (N-methyl/N-ethyl adjacent to an activating group) is 2. The quantitative estimate of drug-likeness (QED) is 0.858. The lowest BCUT2D eigenvalue weighted by atomic mass is 10.1. The van der Waals surface area contributed by atoms with Crippen LogP contribution in [0.4, 0.5) is 0 Å². The third-order valence-electron chi connectivity index (χ3n) is 2.58. The molecule has 1 rings (SSSR count). The van der Waals surface area contributed by atoms with E-state index in [4.69, 9.17) is 23.2 Å². The molecule has 1 aromatic rings. The molecule has 0 heterocycles. The van der Waals surface area contributed by atoms with Gasteiger partial charge in [0.05, 0.1) is 10.0 Å². The van der Waals surface area contributed by atoms with Crippen LogP contribution in [0.2, 0.25) is 10.0 Å². The van der Waals surface area contributed by atoms with Crippen LogP contribution in [0, 0.1) is 0 Å². The van der Waals surface area contributed by atoms with E-state index in [2.05, 4.69) is 31.2 Å². The van der Waals surface area contributed by atoms with Gasteiger partial charge in [0.25, 0.3) is 0 Å². The molecular weight excluding hydrogens is 255 g/mol. The minimum Gasteiger partial charge on any atom is -0.313 e. The van der Waals surface area contributed by atoms with E-state index in [-0.39, 0.29) is 0 Å². The molecule has 0 bridgehead atoms. The van der Waals surface area contributed by atoms with Crippen molar-refractivity contribution in [3.63, 3.8) is 0 Å². The molecule has 0 radical (unpaired) electrons. The van der Waals surface area contributed by atoms with Gasteiger partial charge in [0.1, 0.15) is 0 Å². The first kappa shape index (κ1) is 14.8. The van der Waals surface area contributed by atoms with Crippen molar-refractivity contribution in [1.82, 2.24) is 10.2 Å². The van der Waals surface area contributed by atoms with Crippen LogP contribution in [0.1, 0.15) is 12.5 Å². The Labute approximate surface area is 114 Å². The average Bonchev–Trinajstić information content (AvgIpc) is 2.24. The molecule has 0 saturated carbocycles. The first-order valence-corrected chi connectivity index (χ1v) is 6.61. The number of nitrogens with one attached hydrogen (secondary N) is 1. The standard InChI is InChI=1S/C13H20Cl2N2/c1-4-16-11(9-17(2)3)8-10-6-5-7-12(14)13(10)15/h5-7,11,16H,4,8-9H2,1-3H3. The van der Waals surface area contributed by atoms with E-state index in [0.717, 1.165) is 25.1 Å². The molecule has 0 aliphatic heterocycles. The zero-order chi connectivity index (χ0) is 12.8. The van der Waals surface area contributed by atoms with E-state index in [1.54, 1.807) is 0 Å². The monoisotopic (exact) mass is 274 g/mol. The van der Waals surface area contributed by atoms with Gasteiger partial charge in [-0.2, -0.15) is 0 Å². The highest BCUT2D eigenvalue weighted by Crippen LogP contribution is 2.26. The number of benzene rings is 1. The first-order valence-electron chi connectivity index (χ1n) is 5.85. The van der Waals surface area contributed by atoms with E-state index in [0.29, 0.717) is 16.1 Å². The summed E-state index contributed by atoms with van der Waals surface area (Å²) in [5.74, 6) is 0. The summed E-state index contributed by atoms with van der Waals surface area (Å²) in [6.45, 7) is 4.05. The second-order valence-electron chi connectivity index (χ2n) is 4.43. The lowest BCUT2D eigenvalue weighted by Crippen LogP contribution is -2.39. The molecule has 17 heavy (non-hydrogen) atoms. The number of hydrogen-bond acceptors (Lipinski definition) is 2. The van der Waals surface area contributed by atoms with E-state index >= 15 is 0 Å². The predicted octanol–water partition coefficient (Wildman–Crippen LogP) is 3.08. The molecule has 1 unspecified atom stereocenters. The minimum absolute atomic E-state index is 0.394. The Morgan fingerprint density at radius 3 is 2.59 bits per heavy atom. The van der Waals surface area contributed by atoms with Crippen LogP contribution in [0.3, 0.4) is 0 Å². The van der Waals surface area contributed by atoms with Crippen LogP contribution in [0.5, 0.6) is 0 Å². The fourth-order valence-electron chi connectivity index (χ4n) is 1.90. The summed E-state index contributed by atoms with van der Waals surface area (Å²) in [4.78, 5) is 2.17. The van der Waals surface area contributed by atoms with Crippen LogP contribution in [-0.2, 0) is 6.42 Å². The minimum atomic E-state index is 0.394. The van der Waals surface area contributed by atoms with Crippen molar-refractivity contribution >= 4 is 23.2 Å². The van der Waals surface area contributed by atoms with E-state index in [1.165, 1.54) is 0 Å². The molecule has 96 valence electrons. The van der Waals surface area contributed by atoms with Gasteiger partial charge in [-0.3, -0.25) is 0 Å². The normalized spacial score (nSPS) is 13.1. The molecule has 0 saturated heterocycles. The Hall–Kier alpha value is -0.280. The smallest absolute Gasteiger partial charge is 0.0624 e. The molecule has 1 aromatic carbocycles. The highest BCUT2D eigenvalue weighted by atomic mass is 35.5. The van der Waals surface area contributed by atoms with Gasteiger partial charge >= 0.3 is 0 Å². The fourth-order valence-corrected chi connectivity index (χ4v) is 2.30. The van der Waals surface area contributed by atoms with Gasteiger partial charge < -0.3 is 10.2 Å². The van der Waals surface area contributed by atoms with Crippen molar-refractivity contribution in [3.05, 3.63) is 33.8 Å². The van der Waals surface area contributed by atoms with Crippen molar-refractivity contribution in [2.75, 3.05) is 27.2 Å². The van der Waals surface area contributed by atoms with Crippen molar-refractivity contribution in [3.8, 4) is 0 Å². The number of hydrogen-bond donors (Lipinski definition) is 1. The second-order valence-corrected chi connectivity index (χ2v) is 5.22. The van der Waals surface area contributed by atoms with Gasteiger partial charge in [-0.05, 0) is 38.7 Å². The summed E-state index contributed by atoms with van der Waals surface area (Å²) in [6, 6.07) is 6.20. The summed E-state index contributed by atoms with van der Waals surface area (Å²) in [7, 11) is 4.15. The Morgan fingerprint density at radius 2 is 2.00 bits per heavy atom. The summed E-state index contributed by atoms with van der Waals surface area (Å²) < 4.78 is 0. The molecule has 2 nitrogen and oxygen atoms in total. The lowest BCUT2D eigenvalue weighted by molar-refractivity contribution is 0.339. The summed E-state index contributed by atoms with van der Waals surface area (Å²) >= 11 is 12.2. The summed E-state index contributed by atoms with van der Waals surface area (Å²) in [6.07, 6.45) is 0.894. The number of rotatable bonds is 6. The van der Waals surface area contributed by atoms with Crippen molar-refractivity contribution in [2.45, 2.75) is 19.4 Å². The molecule has 0 aromatic heterocycles. The zero-order valence-electron chi connectivity index (χ0n) is 10.6. The lowest BCUT2D eigenvalue weighted by Gasteiger charge is -2.22. The van der Waals surface area contributed by atoms with Crippen molar-refractivity contribution in [2.24, 2.45) is 0 Å². The summed E-state index contributed by atoms with van der Waals surface area (Å²) in [5.41, 5.74) is 1.10. The average molecular weight is 275 g/mol. The zero-order valence-corrected chi connectivity index (χ0v) is 12.1. The van der Waals surface area contributed by atoms with E-state index in [1.807, 2.05) is 18.2 Å². The Balaban J connectivity index is 2.74. The van der Waals surface area contributed by atoms with Crippen molar-refractivity contribution < 1.29 is 0 Å². The van der Waals surface area contributed by atoms with Crippen LogP contribution >= 0.6 is 23.2 Å². The van der Waals surface area contributed by atoms with Gasteiger partial charge in [0, 0.05) is 12.6 Å². The molecule has 0 spiro atoms. The molecule has 0 aliphatic carbocycles. The van der Waals surface area contributed by atoms with E-state index in [9.17, 15) is 0 Å². The number of nitrogens with zero attached hydrogens (tertiary/aromatic N) is 1. The van der Waals surface area contributed by atoms with Gasteiger partial charge in [-0.1, -0.05) is 42.3 Å². The highest BCUT2D eigenvalue weighted by Gasteiger charge is 2.12. The molecule has 1 N–H and O–H groups in total. The molecular formula is C13H20Cl2N2. The van der Waals surface area contributed by atoms with Crippen LogP contribution in [0.15, 0.2) is 18.2 Å². The van der Waals surface area contributed by atoms with Crippen LogP contribution in [0.25, 0.3) is 0 Å². The molecule has 4 heteroatoms. The Morgan fingerprint density at radius 1 is 1.29 bits per heavy atom. The number of halogens is 2. The Kier molecular flexibility index (Phi) is 6.28. The topological polar surface area (TPSA) is 15.3 Å². The second kappa shape index (κ2) is 7.22. The third-order valence-corrected chi connectivity index (χ3v) is 3.43. The maximum atomic E-state index is 6.20. The predicted molar refractivity (Wildman–Crippen MR) is 76.2 cm³/mol. The van der Waals surface area contributed by atoms with Crippen molar-refractivity contribution in [1.29, 1.82) is 0 Å². The van der Waals surface area contributed by atoms with Crippen LogP contribution < -0.4 is 5.32 Å². The van der Waals surface area contributed by atoms with Gasteiger partial charge in [-0.25, -0.2) is 0 Å². The highest BCUT2D eigenvalue weighted by molar-refractivity contribution is 6.42. The fraction of sp³-hybridized carbons (Fsp3) is 0.538. The maximum Gasteiger partial charge on any atom is 0.0624 e. The van der Waals surface area contributed by atoms with E-state index < -0.39 is 0 Å². The summed E-state index contributed by atoms with van der Waals surface area (Å²) in [5, 5.41) is 4.77. The Bertz CT molecular complexity index is 353. The molecule has 1 atom stereocenters.